The minimum atomic E-state index is 0.0316. The molecule has 7 heteroatoms. The molecule has 1 aromatic heterocycles. The van der Waals surface area contributed by atoms with Gasteiger partial charge in [-0.15, -0.1) is 0 Å². The van der Waals surface area contributed by atoms with Gasteiger partial charge in [-0.1, -0.05) is 12.1 Å². The topological polar surface area (TPSA) is 61.7 Å². The van der Waals surface area contributed by atoms with Crippen molar-refractivity contribution in [2.45, 2.75) is 39.8 Å². The van der Waals surface area contributed by atoms with E-state index in [4.69, 9.17) is 9.47 Å². The molecule has 2 aromatic carbocycles. The van der Waals surface area contributed by atoms with E-state index in [1.54, 1.807) is 14.2 Å². The number of aromatic nitrogens is 2. The summed E-state index contributed by atoms with van der Waals surface area (Å²) >= 11 is 0. The van der Waals surface area contributed by atoms with Gasteiger partial charge in [-0.2, -0.15) is 0 Å². The molecule has 0 saturated carbocycles. The summed E-state index contributed by atoms with van der Waals surface area (Å²) in [5, 5.41) is 0. The first-order chi connectivity index (χ1) is 16.9. The molecule has 1 aliphatic heterocycles. The number of nitrogens with one attached hydrogen (secondary N) is 1. The number of carbonyl (C=O) groups excluding carboxylic acids is 1. The van der Waals surface area contributed by atoms with Crippen LogP contribution in [0.1, 0.15) is 58.3 Å². The number of hydrogen-bond acceptors (Lipinski definition) is 4. The van der Waals surface area contributed by atoms with Crippen molar-refractivity contribution < 1.29 is 18.8 Å². The van der Waals surface area contributed by atoms with Crippen LogP contribution in [0.3, 0.4) is 0 Å². The van der Waals surface area contributed by atoms with E-state index in [-0.39, 0.29) is 11.9 Å². The lowest BCUT2D eigenvalue weighted by Gasteiger charge is -2.37. The lowest BCUT2D eigenvalue weighted by Crippen LogP contribution is -2.36. The zero-order valence-electron chi connectivity index (χ0n) is 21.7. The molecular formula is C28H37N4O3+. The Kier molecular flexibility index (Phi) is 7.45. The second kappa shape index (κ2) is 10.5. The number of H-pyrrole nitrogens is 1. The maximum atomic E-state index is 12.9. The Morgan fingerprint density at radius 1 is 1.11 bits per heavy atom. The standard InChI is InChI=1S/C28H36N4O3/c1-7-31(8-2)28(33)21-11-9-20(10-12-21)27-23-16-26(35-6)25(34-5)15-22(23)13-14-32(27)17-24-19(3)30(4)18-29-24/h9-12,15-16,18,27H,7-8,13-14,17H2,1-6H3/p+1. The van der Waals surface area contributed by atoms with Crippen LogP contribution in [0.2, 0.25) is 0 Å². The summed E-state index contributed by atoms with van der Waals surface area (Å²) < 4.78 is 13.4. The van der Waals surface area contributed by atoms with Crippen molar-refractivity contribution >= 4 is 5.91 Å². The molecular weight excluding hydrogens is 440 g/mol. The third-order valence-electron chi connectivity index (χ3n) is 7.26. The van der Waals surface area contributed by atoms with Crippen LogP contribution in [-0.4, -0.2) is 54.5 Å². The second-order valence-corrected chi connectivity index (χ2v) is 9.08. The van der Waals surface area contributed by atoms with Crippen LogP contribution in [0.5, 0.6) is 11.5 Å². The van der Waals surface area contributed by atoms with Crippen LogP contribution >= 0.6 is 0 Å². The Morgan fingerprint density at radius 2 is 1.77 bits per heavy atom. The summed E-state index contributed by atoms with van der Waals surface area (Å²) in [5.41, 5.74) is 6.78. The number of benzene rings is 2. The maximum Gasteiger partial charge on any atom is 0.253 e. The van der Waals surface area contributed by atoms with Gasteiger partial charge in [0.2, 0.25) is 6.33 Å². The van der Waals surface area contributed by atoms with Gasteiger partial charge in [0, 0.05) is 32.1 Å². The van der Waals surface area contributed by atoms with E-state index in [2.05, 4.69) is 52.7 Å². The highest BCUT2D eigenvalue weighted by Gasteiger charge is 2.32. The molecule has 0 aliphatic carbocycles. The fourth-order valence-electron chi connectivity index (χ4n) is 5.01. The normalized spacial score (nSPS) is 15.5. The largest absolute Gasteiger partial charge is 0.493 e. The molecule has 7 nitrogen and oxygen atoms in total. The van der Waals surface area contributed by atoms with E-state index in [1.807, 2.05) is 37.2 Å². The Balaban J connectivity index is 1.76. The van der Waals surface area contributed by atoms with E-state index >= 15 is 0 Å². The van der Waals surface area contributed by atoms with E-state index < -0.39 is 0 Å². The van der Waals surface area contributed by atoms with Crippen molar-refractivity contribution in [1.82, 2.24) is 14.8 Å². The zero-order chi connectivity index (χ0) is 25.1. The summed E-state index contributed by atoms with van der Waals surface area (Å²) in [6, 6.07) is 12.4. The summed E-state index contributed by atoms with van der Waals surface area (Å²) in [4.78, 5) is 20.6. The van der Waals surface area contributed by atoms with E-state index in [9.17, 15) is 4.79 Å². The molecule has 4 rings (SSSR count). The highest BCUT2D eigenvalue weighted by atomic mass is 16.5. The van der Waals surface area contributed by atoms with Crippen LogP contribution in [0.4, 0.5) is 0 Å². The van der Waals surface area contributed by atoms with Crippen molar-refractivity contribution in [2.24, 2.45) is 7.05 Å². The van der Waals surface area contributed by atoms with Gasteiger partial charge < -0.3 is 14.4 Å². The van der Waals surface area contributed by atoms with Crippen LogP contribution in [0.15, 0.2) is 42.7 Å². The first-order valence-corrected chi connectivity index (χ1v) is 12.3. The highest BCUT2D eigenvalue weighted by molar-refractivity contribution is 5.94. The second-order valence-electron chi connectivity index (χ2n) is 9.08. The number of aryl methyl sites for hydroxylation is 1. The monoisotopic (exact) mass is 477 g/mol. The molecule has 35 heavy (non-hydrogen) atoms. The number of ether oxygens (including phenoxy) is 2. The first-order valence-electron chi connectivity index (χ1n) is 12.3. The highest BCUT2D eigenvalue weighted by Crippen LogP contribution is 2.41. The van der Waals surface area contributed by atoms with Gasteiger partial charge >= 0.3 is 0 Å². The summed E-state index contributed by atoms with van der Waals surface area (Å²) in [5.74, 6) is 1.56. The average molecular weight is 478 g/mol. The molecule has 1 amide bonds. The lowest BCUT2D eigenvalue weighted by atomic mass is 9.87. The Hall–Kier alpha value is -3.32. The molecule has 0 saturated heterocycles. The molecule has 0 radical (unpaired) electrons. The number of nitrogens with zero attached hydrogens (tertiary/aromatic N) is 3. The smallest absolute Gasteiger partial charge is 0.253 e. The lowest BCUT2D eigenvalue weighted by molar-refractivity contribution is -0.676. The Labute approximate surface area is 208 Å². The van der Waals surface area contributed by atoms with Gasteiger partial charge in [-0.05, 0) is 61.2 Å². The van der Waals surface area contributed by atoms with Crippen LogP contribution in [-0.2, 0) is 20.0 Å². The summed E-state index contributed by atoms with van der Waals surface area (Å²) in [6.45, 7) is 9.28. The molecule has 1 N–H and O–H groups in total. The Bertz CT molecular complexity index is 1180. The average Bonchev–Trinajstić information content (AvgIpc) is 3.20. The molecule has 1 aliphatic rings. The third-order valence-corrected chi connectivity index (χ3v) is 7.26. The molecule has 2 heterocycles. The number of rotatable bonds is 8. The molecule has 0 fully saturated rings. The van der Waals surface area contributed by atoms with Crippen molar-refractivity contribution in [1.29, 1.82) is 0 Å². The molecule has 0 bridgehead atoms. The number of methoxy groups -OCH3 is 2. The van der Waals surface area contributed by atoms with Crippen molar-refractivity contribution in [2.75, 3.05) is 33.9 Å². The predicted octanol–water partition coefficient (Wildman–Crippen LogP) is 3.79. The van der Waals surface area contributed by atoms with E-state index in [0.29, 0.717) is 13.1 Å². The number of hydrogen-bond donors (Lipinski definition) is 1. The third kappa shape index (κ3) is 4.78. The molecule has 3 aromatic rings. The zero-order valence-corrected chi connectivity index (χ0v) is 21.7. The SMILES string of the molecule is CCN(CC)C(=O)c1ccc(C2c3cc(OC)c(OC)cc3CCN2Cc2[nH]c[n+](C)c2C)cc1. The van der Waals surface area contributed by atoms with Gasteiger partial charge in [0.15, 0.2) is 17.2 Å². The number of fused-ring (bicyclic) bond motifs is 1. The maximum absolute atomic E-state index is 12.9. The molecule has 186 valence electrons. The number of amides is 1. The van der Waals surface area contributed by atoms with Crippen molar-refractivity contribution in [3.05, 3.63) is 76.4 Å². The fourth-order valence-corrected chi connectivity index (χ4v) is 5.01. The van der Waals surface area contributed by atoms with Crippen LogP contribution in [0.25, 0.3) is 0 Å². The number of aromatic amines is 1. The summed E-state index contributed by atoms with van der Waals surface area (Å²) in [6.07, 6.45) is 2.93. The van der Waals surface area contributed by atoms with Gasteiger partial charge in [0.25, 0.3) is 5.91 Å². The number of carbonyl (C=O) groups is 1. The number of imidazole rings is 1. The van der Waals surface area contributed by atoms with Gasteiger partial charge in [0.05, 0.1) is 33.9 Å². The molecule has 0 spiro atoms. The fraction of sp³-hybridized carbons (Fsp3) is 0.429. The first kappa shape index (κ1) is 24.8. The quantitative estimate of drug-likeness (QED) is 0.502. The van der Waals surface area contributed by atoms with Crippen molar-refractivity contribution in [3.63, 3.8) is 0 Å². The minimum absolute atomic E-state index is 0.0316. The Morgan fingerprint density at radius 3 is 2.34 bits per heavy atom. The van der Waals surface area contributed by atoms with Gasteiger partial charge in [-0.3, -0.25) is 9.69 Å². The molecule has 1 atom stereocenters. The summed E-state index contributed by atoms with van der Waals surface area (Å²) in [7, 11) is 5.41. The van der Waals surface area contributed by atoms with Crippen LogP contribution in [0, 0.1) is 6.92 Å². The van der Waals surface area contributed by atoms with Gasteiger partial charge in [-0.25, -0.2) is 9.55 Å². The van der Waals surface area contributed by atoms with E-state index in [1.165, 1.54) is 22.5 Å². The van der Waals surface area contributed by atoms with Crippen LogP contribution < -0.4 is 14.0 Å². The van der Waals surface area contributed by atoms with Gasteiger partial charge in [0.1, 0.15) is 5.69 Å². The minimum Gasteiger partial charge on any atom is -0.493 e. The van der Waals surface area contributed by atoms with E-state index in [0.717, 1.165) is 42.1 Å². The van der Waals surface area contributed by atoms with Crippen molar-refractivity contribution in [3.8, 4) is 11.5 Å². The molecule has 1 unspecified atom stereocenters. The predicted molar refractivity (Wildman–Crippen MR) is 136 cm³/mol.